The number of nitrogens with zero attached hydrogens (tertiary/aromatic N) is 6. The molecule has 0 radical (unpaired) electrons. The highest BCUT2D eigenvalue weighted by molar-refractivity contribution is 6.09. The van der Waals surface area contributed by atoms with Crippen LogP contribution in [0.25, 0.3) is 61.8 Å². The maximum Gasteiger partial charge on any atom is 0.238 e. The molecule has 6 heteroatoms. The van der Waals surface area contributed by atoms with Crippen LogP contribution in [0.4, 0.5) is 0 Å². The van der Waals surface area contributed by atoms with Crippen molar-refractivity contribution in [2.75, 3.05) is 0 Å². The molecule has 0 fully saturated rings. The van der Waals surface area contributed by atoms with Crippen LogP contribution in [0, 0.1) is 11.3 Å². The van der Waals surface area contributed by atoms with Gasteiger partial charge in [0.25, 0.3) is 0 Å². The van der Waals surface area contributed by atoms with Gasteiger partial charge < -0.3 is 0 Å². The molecule has 4 aromatic carbocycles. The van der Waals surface area contributed by atoms with Crippen LogP contribution >= 0.6 is 0 Å². The summed E-state index contributed by atoms with van der Waals surface area (Å²) in [5, 5.41) is 12.6. The van der Waals surface area contributed by atoms with E-state index in [1.165, 1.54) is 11.1 Å². The average molecular weight is 597 g/mol. The molecule has 6 nitrogen and oxygen atoms in total. The van der Waals surface area contributed by atoms with Crippen LogP contribution in [0.5, 0.6) is 0 Å². The van der Waals surface area contributed by atoms with Gasteiger partial charge in [-0.25, -0.2) is 4.98 Å². The highest BCUT2D eigenvalue weighted by Crippen LogP contribution is 2.50. The molecule has 0 atom stereocenters. The molecule has 3 aromatic heterocycles. The van der Waals surface area contributed by atoms with Crippen LogP contribution < -0.4 is 0 Å². The van der Waals surface area contributed by atoms with E-state index in [0.717, 1.165) is 39.4 Å². The van der Waals surface area contributed by atoms with Crippen molar-refractivity contribution < 1.29 is 0 Å². The standard InChI is InChI=1S/C40H32N6/c1-39(2)24-40(3,4)32-21-26(18-19-31(32)39)35-27(22-41)20-28(23-42-35)37-43-36(25-12-6-5-7-13-25)44-38(45-37)46-33-16-10-8-14-29(33)30-15-9-11-17-34(30)46/h5-21,23H,24H2,1-4H3. The zero-order chi connectivity index (χ0) is 31.6. The molecule has 0 N–H and O–H groups in total. The number of aromatic nitrogens is 5. The second-order valence-corrected chi connectivity index (χ2v) is 13.5. The largest absolute Gasteiger partial charge is 0.278 e. The molecule has 7 aromatic rings. The van der Waals surface area contributed by atoms with Crippen molar-refractivity contribution in [3.05, 3.63) is 126 Å². The third kappa shape index (κ3) is 4.39. The monoisotopic (exact) mass is 596 g/mol. The van der Waals surface area contributed by atoms with E-state index in [4.69, 9.17) is 19.9 Å². The number of nitriles is 1. The Balaban J connectivity index is 1.31. The molecule has 0 bridgehead atoms. The fourth-order valence-corrected chi connectivity index (χ4v) is 7.49. The van der Waals surface area contributed by atoms with E-state index in [1.807, 2.05) is 60.7 Å². The highest BCUT2D eigenvalue weighted by atomic mass is 15.2. The highest BCUT2D eigenvalue weighted by Gasteiger charge is 2.41. The molecule has 1 aliphatic rings. The number of rotatable bonds is 4. The van der Waals surface area contributed by atoms with Crippen molar-refractivity contribution in [3.8, 4) is 46.1 Å². The summed E-state index contributed by atoms with van der Waals surface area (Å²) in [5.41, 5.74) is 8.48. The molecule has 0 saturated carbocycles. The number of fused-ring (bicyclic) bond motifs is 4. The second kappa shape index (κ2) is 10.2. The lowest BCUT2D eigenvalue weighted by molar-refractivity contribution is 0.403. The molecule has 0 spiro atoms. The molecule has 3 heterocycles. The van der Waals surface area contributed by atoms with Crippen LogP contribution in [0.2, 0.25) is 0 Å². The zero-order valence-corrected chi connectivity index (χ0v) is 26.3. The minimum atomic E-state index is 0.0452. The van der Waals surface area contributed by atoms with Crippen molar-refractivity contribution in [1.29, 1.82) is 5.26 Å². The third-order valence-electron chi connectivity index (χ3n) is 9.34. The summed E-state index contributed by atoms with van der Waals surface area (Å²) in [6.07, 6.45) is 2.85. The molecular formula is C40H32N6. The number of hydrogen-bond acceptors (Lipinski definition) is 5. The maximum atomic E-state index is 10.4. The molecule has 8 rings (SSSR count). The molecule has 0 saturated heterocycles. The van der Waals surface area contributed by atoms with Gasteiger partial charge in [0, 0.05) is 33.7 Å². The van der Waals surface area contributed by atoms with E-state index in [-0.39, 0.29) is 10.8 Å². The Hall–Kier alpha value is -5.67. The lowest BCUT2D eigenvalue weighted by Gasteiger charge is -2.22. The number of para-hydroxylation sites is 2. The normalized spacial score (nSPS) is 14.8. The van der Waals surface area contributed by atoms with Crippen molar-refractivity contribution in [2.45, 2.75) is 44.9 Å². The Labute approximate surface area is 268 Å². The molecule has 0 aliphatic heterocycles. The van der Waals surface area contributed by atoms with Crippen LogP contribution in [0.3, 0.4) is 0 Å². The summed E-state index contributed by atoms with van der Waals surface area (Å²) < 4.78 is 2.09. The van der Waals surface area contributed by atoms with Gasteiger partial charge in [0.2, 0.25) is 5.95 Å². The molecule has 222 valence electrons. The number of pyridine rings is 1. The minimum absolute atomic E-state index is 0.0452. The van der Waals surface area contributed by atoms with Crippen LogP contribution in [-0.2, 0) is 10.8 Å². The van der Waals surface area contributed by atoms with Crippen LogP contribution in [-0.4, -0.2) is 24.5 Å². The smallest absolute Gasteiger partial charge is 0.238 e. The summed E-state index contributed by atoms with van der Waals surface area (Å²) in [4.78, 5) is 19.8. The Morgan fingerprint density at radius 3 is 1.91 bits per heavy atom. The molecule has 1 aliphatic carbocycles. The van der Waals surface area contributed by atoms with Crippen molar-refractivity contribution in [3.63, 3.8) is 0 Å². The Morgan fingerprint density at radius 2 is 1.24 bits per heavy atom. The van der Waals surface area contributed by atoms with Crippen molar-refractivity contribution in [2.24, 2.45) is 0 Å². The van der Waals surface area contributed by atoms with E-state index in [9.17, 15) is 5.26 Å². The first-order valence-corrected chi connectivity index (χ1v) is 15.6. The topological polar surface area (TPSA) is 80.3 Å². The Morgan fingerprint density at radius 1 is 0.630 bits per heavy atom. The zero-order valence-electron chi connectivity index (χ0n) is 26.3. The van der Waals surface area contributed by atoms with Crippen molar-refractivity contribution in [1.82, 2.24) is 24.5 Å². The van der Waals surface area contributed by atoms with Gasteiger partial charge in [-0.2, -0.15) is 15.2 Å². The van der Waals surface area contributed by atoms with Gasteiger partial charge in [0.1, 0.15) is 6.07 Å². The fraction of sp³-hybridized carbons (Fsp3) is 0.175. The first-order valence-electron chi connectivity index (χ1n) is 15.6. The molecule has 46 heavy (non-hydrogen) atoms. The van der Waals surface area contributed by atoms with E-state index < -0.39 is 0 Å². The summed E-state index contributed by atoms with van der Waals surface area (Å²) in [5.74, 6) is 1.51. The summed E-state index contributed by atoms with van der Waals surface area (Å²) >= 11 is 0. The first-order chi connectivity index (χ1) is 22.2. The average Bonchev–Trinajstić information content (AvgIpc) is 3.51. The lowest BCUT2D eigenvalue weighted by atomic mass is 9.82. The minimum Gasteiger partial charge on any atom is -0.278 e. The van der Waals surface area contributed by atoms with E-state index in [1.54, 1.807) is 6.20 Å². The van der Waals surface area contributed by atoms with E-state index >= 15 is 0 Å². The van der Waals surface area contributed by atoms with Gasteiger partial charge in [0.05, 0.1) is 22.3 Å². The van der Waals surface area contributed by atoms with E-state index in [0.29, 0.717) is 34.4 Å². The van der Waals surface area contributed by atoms with Gasteiger partial charge in [-0.3, -0.25) is 9.55 Å². The maximum absolute atomic E-state index is 10.4. The first kappa shape index (κ1) is 27.8. The van der Waals surface area contributed by atoms with Gasteiger partial charge in [-0.05, 0) is 52.6 Å². The second-order valence-electron chi connectivity index (χ2n) is 13.5. The summed E-state index contributed by atoms with van der Waals surface area (Å²) in [7, 11) is 0. The molecule has 0 amide bonds. The predicted molar refractivity (Wildman–Crippen MR) is 184 cm³/mol. The summed E-state index contributed by atoms with van der Waals surface area (Å²) in [6, 6.07) is 37.3. The van der Waals surface area contributed by atoms with Gasteiger partial charge in [-0.15, -0.1) is 0 Å². The SMILES string of the molecule is CC1(C)CC(C)(C)c2cc(-c3ncc(-c4nc(-c5ccccc5)nc(-n5c6ccccc6c6ccccc65)n4)cc3C#N)ccc21. The van der Waals surface area contributed by atoms with E-state index in [2.05, 4.69) is 80.8 Å². The number of benzene rings is 4. The fourth-order valence-electron chi connectivity index (χ4n) is 7.49. The predicted octanol–water partition coefficient (Wildman–Crippen LogP) is 9.20. The Bertz CT molecular complexity index is 2310. The van der Waals surface area contributed by atoms with Gasteiger partial charge in [0.15, 0.2) is 11.6 Å². The van der Waals surface area contributed by atoms with Gasteiger partial charge in [-0.1, -0.05) is 107 Å². The third-order valence-corrected chi connectivity index (χ3v) is 9.34. The molecule has 0 unspecified atom stereocenters. The Kier molecular flexibility index (Phi) is 6.16. The number of hydrogen-bond donors (Lipinski definition) is 0. The molecular weight excluding hydrogens is 564 g/mol. The van der Waals surface area contributed by atoms with Crippen LogP contribution in [0.15, 0.2) is 109 Å². The van der Waals surface area contributed by atoms with Gasteiger partial charge >= 0.3 is 0 Å². The lowest BCUT2D eigenvalue weighted by Crippen LogP contribution is -2.17. The van der Waals surface area contributed by atoms with Crippen LogP contribution in [0.1, 0.15) is 50.8 Å². The van der Waals surface area contributed by atoms with Crippen molar-refractivity contribution >= 4 is 21.8 Å². The summed E-state index contributed by atoms with van der Waals surface area (Å²) in [6.45, 7) is 9.21. The quantitative estimate of drug-likeness (QED) is 0.202.